The van der Waals surface area contributed by atoms with Crippen LogP contribution in [0.4, 0.5) is 24.5 Å². The van der Waals surface area contributed by atoms with Gasteiger partial charge in [0.1, 0.15) is 5.75 Å². The molecule has 25 heavy (non-hydrogen) atoms. The van der Waals surface area contributed by atoms with Crippen LogP contribution in [0, 0.1) is 17.0 Å². The van der Waals surface area contributed by atoms with Crippen LogP contribution in [0.15, 0.2) is 47.4 Å². The van der Waals surface area contributed by atoms with Crippen molar-refractivity contribution >= 4 is 21.4 Å². The Hall–Kier alpha value is -2.82. The van der Waals surface area contributed by atoms with Gasteiger partial charge in [-0.15, -0.1) is 13.2 Å². The van der Waals surface area contributed by atoms with Gasteiger partial charge in [-0.05, 0) is 36.8 Å². The molecular weight excluding hydrogens is 365 g/mol. The molecule has 0 heterocycles. The molecule has 0 fully saturated rings. The quantitative estimate of drug-likeness (QED) is 0.635. The average Bonchev–Trinajstić information content (AvgIpc) is 2.47. The van der Waals surface area contributed by atoms with Crippen LogP contribution >= 0.6 is 0 Å². The molecule has 0 spiro atoms. The van der Waals surface area contributed by atoms with E-state index < -0.39 is 37.6 Å². The van der Waals surface area contributed by atoms with Crippen LogP contribution in [0.3, 0.4) is 0 Å². The Morgan fingerprint density at radius 2 is 1.72 bits per heavy atom. The normalized spacial score (nSPS) is 11.8. The van der Waals surface area contributed by atoms with Gasteiger partial charge in [0.2, 0.25) is 0 Å². The number of benzene rings is 2. The molecule has 7 nitrogen and oxygen atoms in total. The largest absolute Gasteiger partial charge is 0.573 e. The van der Waals surface area contributed by atoms with Crippen molar-refractivity contribution in [2.45, 2.75) is 18.2 Å². The lowest BCUT2D eigenvalue weighted by atomic mass is 10.2. The summed E-state index contributed by atoms with van der Waals surface area (Å²) in [6, 6.07) is 7.69. The second-order valence-electron chi connectivity index (χ2n) is 4.86. The van der Waals surface area contributed by atoms with Crippen molar-refractivity contribution in [1.82, 2.24) is 0 Å². The molecule has 0 unspecified atom stereocenters. The van der Waals surface area contributed by atoms with E-state index in [1.807, 2.05) is 0 Å². The van der Waals surface area contributed by atoms with Gasteiger partial charge >= 0.3 is 6.36 Å². The lowest BCUT2D eigenvalue weighted by molar-refractivity contribution is -0.387. The summed E-state index contributed by atoms with van der Waals surface area (Å²) in [5.74, 6) is -0.530. The van der Waals surface area contributed by atoms with Crippen LogP contribution in [0.1, 0.15) is 5.56 Å². The van der Waals surface area contributed by atoms with Crippen molar-refractivity contribution < 1.29 is 31.2 Å². The molecule has 0 aromatic heterocycles. The van der Waals surface area contributed by atoms with Crippen LogP contribution in [0.25, 0.3) is 0 Å². The Bertz CT molecular complexity index is 896. The molecule has 2 rings (SSSR count). The second-order valence-corrected chi connectivity index (χ2v) is 6.48. The molecule has 0 radical (unpaired) electrons. The van der Waals surface area contributed by atoms with E-state index in [0.29, 0.717) is 0 Å². The summed E-state index contributed by atoms with van der Waals surface area (Å²) in [6.45, 7) is 1.39. The number of halogens is 3. The average molecular weight is 376 g/mol. The van der Waals surface area contributed by atoms with Crippen LogP contribution in [0.5, 0.6) is 5.75 Å². The Morgan fingerprint density at radius 3 is 2.24 bits per heavy atom. The summed E-state index contributed by atoms with van der Waals surface area (Å²) in [7, 11) is -4.32. The standard InChI is InChI=1S/C14H11F3N2O5S/c1-9-3-2-4-12(19(20)21)13(9)25(22,23)18-10-5-7-11(8-6-10)24-14(15,16)17/h2-8,18H,1H3. The Morgan fingerprint density at radius 1 is 1.12 bits per heavy atom. The van der Waals surface area contributed by atoms with Gasteiger partial charge in [0, 0.05) is 11.8 Å². The summed E-state index contributed by atoms with van der Waals surface area (Å²) < 4.78 is 66.9. The molecule has 0 saturated heterocycles. The fourth-order valence-electron chi connectivity index (χ4n) is 2.06. The van der Waals surface area contributed by atoms with Crippen LogP contribution in [0.2, 0.25) is 0 Å². The minimum absolute atomic E-state index is 0.0768. The van der Waals surface area contributed by atoms with E-state index in [-0.39, 0.29) is 11.3 Å². The maximum Gasteiger partial charge on any atom is 0.573 e. The first-order valence-corrected chi connectivity index (χ1v) is 8.10. The van der Waals surface area contributed by atoms with E-state index in [4.69, 9.17) is 0 Å². The van der Waals surface area contributed by atoms with Gasteiger partial charge in [-0.25, -0.2) is 8.42 Å². The van der Waals surface area contributed by atoms with E-state index in [0.717, 1.165) is 30.3 Å². The van der Waals surface area contributed by atoms with Crippen LogP contribution in [-0.2, 0) is 10.0 Å². The Kier molecular flexibility index (Phi) is 4.88. The summed E-state index contributed by atoms with van der Waals surface area (Å²) >= 11 is 0. The third-order valence-corrected chi connectivity index (χ3v) is 4.57. The number of hydrogen-bond acceptors (Lipinski definition) is 5. The predicted molar refractivity (Wildman–Crippen MR) is 81.8 cm³/mol. The van der Waals surface area contributed by atoms with Gasteiger partial charge in [0.25, 0.3) is 15.7 Å². The van der Waals surface area contributed by atoms with Gasteiger partial charge in [-0.3, -0.25) is 14.8 Å². The van der Waals surface area contributed by atoms with Gasteiger partial charge < -0.3 is 4.74 Å². The first kappa shape index (κ1) is 18.5. The molecule has 0 atom stereocenters. The summed E-state index contributed by atoms with van der Waals surface area (Å²) in [6.07, 6.45) is -4.87. The number of alkyl halides is 3. The molecule has 0 aliphatic rings. The van der Waals surface area contributed by atoms with Crippen molar-refractivity contribution in [3.63, 3.8) is 0 Å². The lowest BCUT2D eigenvalue weighted by Crippen LogP contribution is -2.17. The van der Waals surface area contributed by atoms with Crippen molar-refractivity contribution in [2.75, 3.05) is 4.72 Å². The Balaban J connectivity index is 2.33. The second kappa shape index (κ2) is 6.59. The summed E-state index contributed by atoms with van der Waals surface area (Å²) in [5.41, 5.74) is -0.532. The molecule has 0 saturated carbocycles. The highest BCUT2D eigenvalue weighted by atomic mass is 32.2. The number of nitrogens with one attached hydrogen (secondary N) is 1. The fraction of sp³-hybridized carbons (Fsp3) is 0.143. The van der Waals surface area contributed by atoms with E-state index >= 15 is 0 Å². The molecule has 0 aliphatic heterocycles. The van der Waals surface area contributed by atoms with Crippen LogP contribution < -0.4 is 9.46 Å². The number of anilines is 1. The van der Waals surface area contributed by atoms with Crippen molar-refractivity contribution in [2.24, 2.45) is 0 Å². The lowest BCUT2D eigenvalue weighted by Gasteiger charge is -2.12. The van der Waals surface area contributed by atoms with Crippen molar-refractivity contribution in [3.8, 4) is 5.75 Å². The molecule has 1 N–H and O–H groups in total. The predicted octanol–water partition coefficient (Wildman–Crippen LogP) is 3.60. The number of nitro benzene ring substituents is 1. The fourth-order valence-corrected chi connectivity index (χ4v) is 3.52. The highest BCUT2D eigenvalue weighted by Crippen LogP contribution is 2.30. The van der Waals surface area contributed by atoms with E-state index in [2.05, 4.69) is 9.46 Å². The van der Waals surface area contributed by atoms with Gasteiger partial charge in [-0.2, -0.15) is 0 Å². The molecule has 0 aliphatic carbocycles. The number of nitro groups is 1. The zero-order chi connectivity index (χ0) is 18.8. The summed E-state index contributed by atoms with van der Waals surface area (Å²) in [4.78, 5) is 9.69. The zero-order valence-electron chi connectivity index (χ0n) is 12.6. The molecule has 2 aromatic carbocycles. The number of ether oxygens (including phenoxy) is 1. The van der Waals surface area contributed by atoms with E-state index in [9.17, 15) is 31.7 Å². The third kappa shape index (κ3) is 4.59. The molecule has 11 heteroatoms. The topological polar surface area (TPSA) is 98.5 Å². The van der Waals surface area contributed by atoms with E-state index in [1.54, 1.807) is 0 Å². The maximum absolute atomic E-state index is 12.4. The van der Waals surface area contributed by atoms with Gasteiger partial charge in [-0.1, -0.05) is 12.1 Å². The molecule has 0 bridgehead atoms. The number of sulfonamides is 1. The van der Waals surface area contributed by atoms with Gasteiger partial charge in [0.05, 0.1) is 4.92 Å². The molecule has 0 amide bonds. The van der Waals surface area contributed by atoms with Crippen molar-refractivity contribution in [1.29, 1.82) is 0 Å². The monoisotopic (exact) mass is 376 g/mol. The summed E-state index contributed by atoms with van der Waals surface area (Å²) in [5, 5.41) is 11.0. The third-order valence-electron chi connectivity index (χ3n) is 3.00. The smallest absolute Gasteiger partial charge is 0.406 e. The first-order chi connectivity index (χ1) is 11.5. The molecule has 2 aromatic rings. The Labute approximate surface area is 140 Å². The highest BCUT2D eigenvalue weighted by molar-refractivity contribution is 7.93. The number of rotatable bonds is 5. The SMILES string of the molecule is Cc1cccc([N+](=O)[O-])c1S(=O)(=O)Nc1ccc(OC(F)(F)F)cc1. The number of aryl methyl sites for hydroxylation is 1. The van der Waals surface area contributed by atoms with Crippen molar-refractivity contribution in [3.05, 3.63) is 58.1 Å². The minimum Gasteiger partial charge on any atom is -0.406 e. The minimum atomic E-state index is -4.87. The van der Waals surface area contributed by atoms with Gasteiger partial charge in [0.15, 0.2) is 4.90 Å². The first-order valence-electron chi connectivity index (χ1n) is 6.62. The highest BCUT2D eigenvalue weighted by Gasteiger charge is 2.31. The number of hydrogen-bond donors (Lipinski definition) is 1. The molecule has 134 valence electrons. The molecular formula is C14H11F3N2O5S. The maximum atomic E-state index is 12.4. The zero-order valence-corrected chi connectivity index (χ0v) is 13.4. The van der Waals surface area contributed by atoms with E-state index in [1.165, 1.54) is 19.1 Å². The van der Waals surface area contributed by atoms with Crippen LogP contribution in [-0.4, -0.2) is 19.7 Å². The number of nitrogens with zero attached hydrogens (tertiary/aromatic N) is 1.